The van der Waals surface area contributed by atoms with E-state index in [1.54, 1.807) is 11.3 Å². The second kappa shape index (κ2) is 7.95. The molecule has 2 atom stereocenters. The first-order valence-electron chi connectivity index (χ1n) is 7.88. The van der Waals surface area contributed by atoms with Gasteiger partial charge in [0, 0.05) is 34.8 Å². The van der Waals surface area contributed by atoms with Gasteiger partial charge in [0.15, 0.2) is 0 Å². The molecule has 1 fully saturated rings. The Balaban J connectivity index is 2.01. The van der Waals surface area contributed by atoms with Gasteiger partial charge in [-0.2, -0.15) is 11.8 Å². The van der Waals surface area contributed by atoms with Crippen LogP contribution < -0.4 is 5.32 Å². The molecule has 0 bridgehead atoms. The van der Waals surface area contributed by atoms with E-state index in [9.17, 15) is 0 Å². The van der Waals surface area contributed by atoms with E-state index in [0.29, 0.717) is 12.1 Å². The minimum atomic E-state index is 0.137. The maximum Gasteiger partial charge on any atom is 0.0945 e. The Morgan fingerprint density at radius 2 is 2.29 bits per heavy atom. The maximum absolute atomic E-state index is 5.98. The van der Waals surface area contributed by atoms with E-state index in [4.69, 9.17) is 9.72 Å². The lowest BCUT2D eigenvalue weighted by Crippen LogP contribution is -2.46. The zero-order chi connectivity index (χ0) is 15.3. The highest BCUT2D eigenvalue weighted by molar-refractivity contribution is 7.99. The van der Waals surface area contributed by atoms with Gasteiger partial charge < -0.3 is 10.1 Å². The van der Waals surface area contributed by atoms with Crippen molar-refractivity contribution in [1.29, 1.82) is 0 Å². The number of hydrogen-bond donors (Lipinski definition) is 1. The number of ether oxygens (including phenoxy) is 1. The first-order chi connectivity index (χ1) is 10.0. The molecular formula is C16H28N2OS2. The smallest absolute Gasteiger partial charge is 0.0945 e. The summed E-state index contributed by atoms with van der Waals surface area (Å²) in [5.74, 6) is 2.22. The average molecular weight is 329 g/mol. The standard InChI is InChI=1S/C16H28N2OS2/c1-5-6-17-12(13-10-20-8-7-19-13)9-15-18-14(11-21-15)16(2,3)4/h11-13,17H,5-10H2,1-4H3. The van der Waals surface area contributed by atoms with Crippen molar-refractivity contribution in [3.05, 3.63) is 16.1 Å². The summed E-state index contributed by atoms with van der Waals surface area (Å²) in [4.78, 5) is 4.84. The minimum Gasteiger partial charge on any atom is -0.375 e. The van der Waals surface area contributed by atoms with Gasteiger partial charge in [-0.25, -0.2) is 4.98 Å². The molecule has 0 saturated carbocycles. The van der Waals surface area contributed by atoms with Crippen LogP contribution >= 0.6 is 23.1 Å². The highest BCUT2D eigenvalue weighted by atomic mass is 32.2. The number of aromatic nitrogens is 1. The van der Waals surface area contributed by atoms with E-state index in [-0.39, 0.29) is 5.41 Å². The molecule has 0 spiro atoms. The topological polar surface area (TPSA) is 34.2 Å². The Morgan fingerprint density at radius 1 is 1.48 bits per heavy atom. The van der Waals surface area contributed by atoms with Crippen LogP contribution in [0.5, 0.6) is 0 Å². The molecule has 0 aromatic carbocycles. The number of nitrogens with one attached hydrogen (secondary N) is 1. The number of rotatable bonds is 6. The second-order valence-corrected chi connectivity index (χ2v) is 8.72. The molecule has 1 aliphatic rings. The Kier molecular flexibility index (Phi) is 6.53. The number of thioether (sulfide) groups is 1. The lowest BCUT2D eigenvalue weighted by molar-refractivity contribution is 0.0472. The Hall–Kier alpha value is -0.100. The maximum atomic E-state index is 5.98. The van der Waals surface area contributed by atoms with Gasteiger partial charge in [-0.05, 0) is 13.0 Å². The zero-order valence-corrected chi connectivity index (χ0v) is 15.3. The summed E-state index contributed by atoms with van der Waals surface area (Å²) in [6.45, 7) is 10.8. The highest BCUT2D eigenvalue weighted by Crippen LogP contribution is 2.25. The van der Waals surface area contributed by atoms with Crippen molar-refractivity contribution in [2.75, 3.05) is 24.7 Å². The second-order valence-electron chi connectivity index (χ2n) is 6.63. The normalized spacial score (nSPS) is 21.4. The van der Waals surface area contributed by atoms with Crippen molar-refractivity contribution >= 4 is 23.1 Å². The fourth-order valence-electron chi connectivity index (χ4n) is 2.34. The monoisotopic (exact) mass is 328 g/mol. The van der Waals surface area contributed by atoms with E-state index in [1.807, 2.05) is 11.8 Å². The van der Waals surface area contributed by atoms with Crippen molar-refractivity contribution in [2.45, 2.75) is 58.1 Å². The summed E-state index contributed by atoms with van der Waals surface area (Å²) in [7, 11) is 0. The summed E-state index contributed by atoms with van der Waals surface area (Å²) in [6, 6.07) is 0.386. The first-order valence-corrected chi connectivity index (χ1v) is 9.91. The number of thiazole rings is 1. The lowest BCUT2D eigenvalue weighted by Gasteiger charge is -2.30. The van der Waals surface area contributed by atoms with Crippen LogP contribution in [0.3, 0.4) is 0 Å². The van der Waals surface area contributed by atoms with Gasteiger partial charge in [-0.15, -0.1) is 11.3 Å². The van der Waals surface area contributed by atoms with Crippen molar-refractivity contribution in [3.8, 4) is 0 Å². The minimum absolute atomic E-state index is 0.137. The molecule has 0 radical (unpaired) electrons. The van der Waals surface area contributed by atoms with Crippen LogP contribution in [-0.4, -0.2) is 41.8 Å². The Bertz CT molecular complexity index is 422. The molecule has 2 heterocycles. The van der Waals surface area contributed by atoms with E-state index in [1.165, 1.54) is 10.7 Å². The van der Waals surface area contributed by atoms with Crippen molar-refractivity contribution in [1.82, 2.24) is 10.3 Å². The third-order valence-corrected chi connectivity index (χ3v) is 5.55. The molecule has 2 rings (SSSR count). The van der Waals surface area contributed by atoms with E-state index in [0.717, 1.165) is 37.5 Å². The predicted octanol–water partition coefficient (Wildman–Crippen LogP) is 3.48. The number of nitrogens with zero attached hydrogens (tertiary/aromatic N) is 1. The van der Waals surface area contributed by atoms with Crippen molar-refractivity contribution in [2.24, 2.45) is 0 Å². The summed E-state index contributed by atoms with van der Waals surface area (Å²) >= 11 is 3.79. The van der Waals surface area contributed by atoms with Crippen LogP contribution in [0.4, 0.5) is 0 Å². The first kappa shape index (κ1) is 17.3. The molecule has 3 nitrogen and oxygen atoms in total. The fraction of sp³-hybridized carbons (Fsp3) is 0.812. The van der Waals surface area contributed by atoms with Crippen molar-refractivity contribution in [3.63, 3.8) is 0 Å². The molecule has 5 heteroatoms. The average Bonchev–Trinajstić information content (AvgIpc) is 2.93. The van der Waals surface area contributed by atoms with Crippen LogP contribution in [0.2, 0.25) is 0 Å². The molecule has 21 heavy (non-hydrogen) atoms. The fourth-order valence-corrected chi connectivity index (χ4v) is 4.36. The van der Waals surface area contributed by atoms with Gasteiger partial charge >= 0.3 is 0 Å². The lowest BCUT2D eigenvalue weighted by atomic mass is 9.93. The molecule has 1 N–H and O–H groups in total. The van der Waals surface area contributed by atoms with Crippen LogP contribution in [0.1, 0.15) is 44.8 Å². The molecule has 1 aromatic rings. The SMILES string of the molecule is CCCNC(Cc1nc(C(C)(C)C)cs1)C1CSCCO1. The summed E-state index contributed by atoms with van der Waals surface area (Å²) in [5.41, 5.74) is 1.34. The number of hydrogen-bond acceptors (Lipinski definition) is 5. The van der Waals surface area contributed by atoms with Gasteiger partial charge in [-0.3, -0.25) is 0 Å². The van der Waals surface area contributed by atoms with Gasteiger partial charge in [0.2, 0.25) is 0 Å². The molecule has 1 saturated heterocycles. The van der Waals surface area contributed by atoms with Gasteiger partial charge in [0.25, 0.3) is 0 Å². The molecule has 120 valence electrons. The molecule has 1 aliphatic heterocycles. The summed E-state index contributed by atoms with van der Waals surface area (Å²) in [6.07, 6.45) is 2.45. The van der Waals surface area contributed by atoms with Crippen LogP contribution in [0, 0.1) is 0 Å². The molecule has 0 amide bonds. The van der Waals surface area contributed by atoms with Gasteiger partial charge in [-0.1, -0.05) is 27.7 Å². The third-order valence-electron chi connectivity index (χ3n) is 3.66. The zero-order valence-electron chi connectivity index (χ0n) is 13.6. The van der Waals surface area contributed by atoms with Gasteiger partial charge in [0.05, 0.1) is 23.4 Å². The van der Waals surface area contributed by atoms with Crippen LogP contribution in [0.25, 0.3) is 0 Å². The Morgan fingerprint density at radius 3 is 2.86 bits per heavy atom. The third kappa shape index (κ3) is 5.23. The molecular weight excluding hydrogens is 300 g/mol. The van der Waals surface area contributed by atoms with E-state index >= 15 is 0 Å². The molecule has 1 aromatic heterocycles. The predicted molar refractivity (Wildman–Crippen MR) is 93.7 cm³/mol. The highest BCUT2D eigenvalue weighted by Gasteiger charge is 2.26. The summed E-state index contributed by atoms with van der Waals surface area (Å²) < 4.78 is 5.98. The molecule has 2 unspecified atom stereocenters. The van der Waals surface area contributed by atoms with Crippen LogP contribution in [0.15, 0.2) is 5.38 Å². The van der Waals surface area contributed by atoms with E-state index < -0.39 is 0 Å². The summed E-state index contributed by atoms with van der Waals surface area (Å²) in [5, 5.41) is 7.10. The Labute approximate surface area is 137 Å². The van der Waals surface area contributed by atoms with E-state index in [2.05, 4.69) is 38.4 Å². The van der Waals surface area contributed by atoms with Gasteiger partial charge in [0.1, 0.15) is 0 Å². The quantitative estimate of drug-likeness (QED) is 0.867. The largest absolute Gasteiger partial charge is 0.375 e. The molecule has 0 aliphatic carbocycles. The van der Waals surface area contributed by atoms with Crippen LogP contribution in [-0.2, 0) is 16.6 Å². The van der Waals surface area contributed by atoms with Crippen molar-refractivity contribution < 1.29 is 4.74 Å².